The van der Waals surface area contributed by atoms with E-state index >= 15 is 0 Å². The summed E-state index contributed by atoms with van der Waals surface area (Å²) >= 11 is 0. The monoisotopic (exact) mass is 238 g/mol. The van der Waals surface area contributed by atoms with Gasteiger partial charge in [-0.25, -0.2) is 0 Å². The van der Waals surface area contributed by atoms with Gasteiger partial charge in [-0.3, -0.25) is 10.1 Å². The van der Waals surface area contributed by atoms with Crippen molar-refractivity contribution in [2.75, 3.05) is 13.2 Å². The van der Waals surface area contributed by atoms with Crippen LogP contribution in [0.3, 0.4) is 0 Å². The van der Waals surface area contributed by atoms with Gasteiger partial charge in [0.2, 0.25) is 0 Å². The highest BCUT2D eigenvalue weighted by Gasteiger charge is 2.12. The van der Waals surface area contributed by atoms with Crippen molar-refractivity contribution in [3.05, 3.63) is 39.9 Å². The highest BCUT2D eigenvalue weighted by molar-refractivity contribution is 5.39. The van der Waals surface area contributed by atoms with E-state index in [1.165, 1.54) is 6.07 Å². The number of hydrogen-bond donors (Lipinski definition) is 1. The highest BCUT2D eigenvalue weighted by atomic mass is 16.6. The maximum atomic E-state index is 10.8. The number of para-hydroxylation sites is 1. The van der Waals surface area contributed by atoms with E-state index in [9.17, 15) is 10.1 Å². The Balaban J connectivity index is 2.54. The first kappa shape index (κ1) is 13.6. The van der Waals surface area contributed by atoms with E-state index in [0.29, 0.717) is 25.3 Å². The number of benzene rings is 1. The summed E-state index contributed by atoms with van der Waals surface area (Å²) in [6.45, 7) is 5.69. The smallest absolute Gasteiger partial charge is 0.273 e. The van der Waals surface area contributed by atoms with Gasteiger partial charge in [0.15, 0.2) is 0 Å². The average Bonchev–Trinajstić information content (AvgIpc) is 2.34. The lowest BCUT2D eigenvalue weighted by molar-refractivity contribution is -0.385. The Morgan fingerprint density at radius 2 is 2.18 bits per heavy atom. The van der Waals surface area contributed by atoms with Crippen molar-refractivity contribution in [3.63, 3.8) is 0 Å². The van der Waals surface area contributed by atoms with E-state index in [1.807, 2.05) is 13.8 Å². The molecular weight excluding hydrogens is 220 g/mol. The molecule has 0 saturated carbocycles. The molecule has 0 aliphatic heterocycles. The Morgan fingerprint density at radius 3 is 2.82 bits per heavy atom. The minimum Gasteiger partial charge on any atom is -0.380 e. The van der Waals surface area contributed by atoms with Gasteiger partial charge >= 0.3 is 0 Å². The maximum Gasteiger partial charge on any atom is 0.273 e. The van der Waals surface area contributed by atoms with Crippen LogP contribution in [-0.4, -0.2) is 24.2 Å². The SMILES string of the molecule is CCOCC(C)NCc1ccccc1[N+](=O)[O-]. The number of nitro groups is 1. The van der Waals surface area contributed by atoms with Crippen molar-refractivity contribution in [2.45, 2.75) is 26.4 Å². The lowest BCUT2D eigenvalue weighted by Crippen LogP contribution is -2.30. The van der Waals surface area contributed by atoms with Gasteiger partial charge < -0.3 is 10.1 Å². The van der Waals surface area contributed by atoms with Gasteiger partial charge in [0, 0.05) is 30.8 Å². The molecule has 0 heterocycles. The van der Waals surface area contributed by atoms with E-state index in [2.05, 4.69) is 5.32 Å². The fraction of sp³-hybridized carbons (Fsp3) is 0.500. The molecule has 1 N–H and O–H groups in total. The Kier molecular flexibility index (Phi) is 5.59. The van der Waals surface area contributed by atoms with Gasteiger partial charge in [-0.05, 0) is 13.8 Å². The van der Waals surface area contributed by atoms with Crippen molar-refractivity contribution in [1.29, 1.82) is 0 Å². The number of nitro benzene ring substituents is 1. The number of hydrogen-bond acceptors (Lipinski definition) is 4. The van der Waals surface area contributed by atoms with Gasteiger partial charge in [-0.1, -0.05) is 18.2 Å². The second-order valence-corrected chi connectivity index (χ2v) is 3.83. The summed E-state index contributed by atoms with van der Waals surface area (Å²) < 4.78 is 5.27. The molecule has 0 aliphatic rings. The fourth-order valence-electron chi connectivity index (χ4n) is 1.48. The first-order chi connectivity index (χ1) is 8.15. The largest absolute Gasteiger partial charge is 0.380 e. The first-order valence-corrected chi connectivity index (χ1v) is 5.68. The van der Waals surface area contributed by atoms with E-state index in [1.54, 1.807) is 18.2 Å². The van der Waals surface area contributed by atoms with Crippen LogP contribution in [-0.2, 0) is 11.3 Å². The molecule has 17 heavy (non-hydrogen) atoms. The molecule has 1 atom stereocenters. The van der Waals surface area contributed by atoms with Gasteiger partial charge in [0.1, 0.15) is 0 Å². The minimum atomic E-state index is -0.357. The molecule has 94 valence electrons. The van der Waals surface area contributed by atoms with Crippen LogP contribution < -0.4 is 5.32 Å². The second-order valence-electron chi connectivity index (χ2n) is 3.83. The standard InChI is InChI=1S/C12H18N2O3/c1-3-17-9-10(2)13-8-11-6-4-5-7-12(11)14(15)16/h4-7,10,13H,3,8-9H2,1-2H3. The second kappa shape index (κ2) is 6.98. The third-order valence-electron chi connectivity index (χ3n) is 2.40. The van der Waals surface area contributed by atoms with Crippen molar-refractivity contribution in [1.82, 2.24) is 5.32 Å². The van der Waals surface area contributed by atoms with Crippen LogP contribution in [0.25, 0.3) is 0 Å². The summed E-state index contributed by atoms with van der Waals surface area (Å²) in [5.41, 5.74) is 0.851. The Morgan fingerprint density at radius 1 is 1.47 bits per heavy atom. The summed E-state index contributed by atoms with van der Waals surface area (Å²) in [6, 6.07) is 6.93. The van der Waals surface area contributed by atoms with E-state index in [-0.39, 0.29) is 16.7 Å². The molecule has 1 unspecified atom stereocenters. The zero-order valence-electron chi connectivity index (χ0n) is 10.2. The molecule has 1 rings (SSSR count). The number of nitrogens with zero attached hydrogens (tertiary/aromatic N) is 1. The number of nitrogens with one attached hydrogen (secondary N) is 1. The molecule has 5 heteroatoms. The topological polar surface area (TPSA) is 64.4 Å². The molecule has 5 nitrogen and oxygen atoms in total. The van der Waals surface area contributed by atoms with Crippen LogP contribution in [0.5, 0.6) is 0 Å². The lowest BCUT2D eigenvalue weighted by Gasteiger charge is -2.13. The fourth-order valence-corrected chi connectivity index (χ4v) is 1.48. The molecule has 0 radical (unpaired) electrons. The quantitative estimate of drug-likeness (QED) is 0.583. The summed E-state index contributed by atoms with van der Waals surface area (Å²) in [6.07, 6.45) is 0. The van der Waals surface area contributed by atoms with Crippen molar-refractivity contribution < 1.29 is 9.66 Å². The average molecular weight is 238 g/mol. The van der Waals surface area contributed by atoms with Gasteiger partial charge in [-0.15, -0.1) is 0 Å². The minimum absolute atomic E-state index is 0.156. The van der Waals surface area contributed by atoms with Crippen molar-refractivity contribution in [3.8, 4) is 0 Å². The molecule has 0 amide bonds. The van der Waals surface area contributed by atoms with Gasteiger partial charge in [-0.2, -0.15) is 0 Å². The van der Waals surface area contributed by atoms with Crippen LogP contribution in [0.15, 0.2) is 24.3 Å². The van der Waals surface area contributed by atoms with Crippen LogP contribution in [0.2, 0.25) is 0 Å². The van der Waals surface area contributed by atoms with Crippen LogP contribution in [0.4, 0.5) is 5.69 Å². The summed E-state index contributed by atoms with van der Waals surface area (Å²) in [5.74, 6) is 0. The van der Waals surface area contributed by atoms with Crippen LogP contribution in [0, 0.1) is 10.1 Å². The van der Waals surface area contributed by atoms with Crippen LogP contribution >= 0.6 is 0 Å². The van der Waals surface area contributed by atoms with Crippen molar-refractivity contribution >= 4 is 5.69 Å². The highest BCUT2D eigenvalue weighted by Crippen LogP contribution is 2.17. The van der Waals surface area contributed by atoms with E-state index in [0.717, 1.165) is 0 Å². The predicted octanol–water partition coefficient (Wildman–Crippen LogP) is 2.11. The van der Waals surface area contributed by atoms with E-state index in [4.69, 9.17) is 4.74 Å². The lowest BCUT2D eigenvalue weighted by atomic mass is 10.1. The predicted molar refractivity (Wildman–Crippen MR) is 65.9 cm³/mol. The number of rotatable bonds is 7. The summed E-state index contributed by atoms with van der Waals surface area (Å²) in [7, 11) is 0. The summed E-state index contributed by atoms with van der Waals surface area (Å²) in [4.78, 5) is 10.4. The third-order valence-corrected chi connectivity index (χ3v) is 2.40. The molecule has 1 aromatic carbocycles. The van der Waals surface area contributed by atoms with Gasteiger partial charge in [0.25, 0.3) is 5.69 Å². The molecule has 0 spiro atoms. The van der Waals surface area contributed by atoms with Crippen LogP contribution in [0.1, 0.15) is 19.4 Å². The molecule has 1 aromatic rings. The molecule has 0 fully saturated rings. The van der Waals surface area contributed by atoms with Crippen molar-refractivity contribution in [2.24, 2.45) is 0 Å². The van der Waals surface area contributed by atoms with E-state index < -0.39 is 0 Å². The molecule has 0 aromatic heterocycles. The first-order valence-electron chi connectivity index (χ1n) is 5.68. The Labute approximate surface area is 101 Å². The zero-order valence-corrected chi connectivity index (χ0v) is 10.2. The molecule has 0 aliphatic carbocycles. The molecular formula is C12H18N2O3. The number of ether oxygens (including phenoxy) is 1. The third kappa shape index (κ3) is 4.50. The molecule has 0 bridgehead atoms. The Hall–Kier alpha value is -1.46. The maximum absolute atomic E-state index is 10.8. The zero-order chi connectivity index (χ0) is 12.7. The normalized spacial score (nSPS) is 12.4. The summed E-state index contributed by atoms with van der Waals surface area (Å²) in [5, 5.41) is 14.0. The Bertz CT molecular complexity index is 369. The molecule has 0 saturated heterocycles. The van der Waals surface area contributed by atoms with Gasteiger partial charge in [0.05, 0.1) is 11.5 Å².